The lowest BCUT2D eigenvalue weighted by atomic mass is 10.1. The van der Waals surface area contributed by atoms with Crippen LogP contribution in [-0.2, 0) is 16.2 Å². The standard InChI is InChI=1S/C21H25NO5S/c1-4-22(5-2)21(25)15(3)10-16-6-7-18(19(11-16)27-13-20(23)24)26-12-17-8-9-28-14-17/h6-11,14H,4-5,12-13H2,1-3H3,(H,23,24)/b15-10-. The number of amides is 1. The van der Waals surface area contributed by atoms with Crippen molar-refractivity contribution in [1.82, 2.24) is 4.90 Å². The minimum atomic E-state index is -1.07. The number of carbonyl (C=O) groups is 2. The van der Waals surface area contributed by atoms with E-state index >= 15 is 0 Å². The van der Waals surface area contributed by atoms with Crippen molar-refractivity contribution >= 4 is 29.3 Å². The van der Waals surface area contributed by atoms with Crippen LogP contribution in [0.5, 0.6) is 11.5 Å². The largest absolute Gasteiger partial charge is 0.485 e. The Kier molecular flexibility index (Phi) is 8.07. The summed E-state index contributed by atoms with van der Waals surface area (Å²) >= 11 is 1.58. The van der Waals surface area contributed by atoms with Crippen LogP contribution in [-0.4, -0.2) is 41.6 Å². The zero-order valence-electron chi connectivity index (χ0n) is 16.3. The molecule has 0 bridgehead atoms. The molecule has 28 heavy (non-hydrogen) atoms. The number of hydrogen-bond donors (Lipinski definition) is 1. The van der Waals surface area contributed by atoms with Gasteiger partial charge in [0.15, 0.2) is 18.1 Å². The van der Waals surface area contributed by atoms with Gasteiger partial charge in [-0.25, -0.2) is 4.79 Å². The Morgan fingerprint density at radius 3 is 2.50 bits per heavy atom. The van der Waals surface area contributed by atoms with Crippen LogP contribution in [0.3, 0.4) is 0 Å². The first-order chi connectivity index (χ1) is 13.4. The smallest absolute Gasteiger partial charge is 0.341 e. The number of aliphatic carboxylic acids is 1. The van der Waals surface area contributed by atoms with Crippen LogP contribution in [0.2, 0.25) is 0 Å². The molecule has 0 fully saturated rings. The number of thiophene rings is 1. The summed E-state index contributed by atoms with van der Waals surface area (Å²) in [6, 6.07) is 7.19. The fourth-order valence-electron chi connectivity index (χ4n) is 2.59. The topological polar surface area (TPSA) is 76.1 Å². The van der Waals surface area contributed by atoms with Gasteiger partial charge in [0.1, 0.15) is 6.61 Å². The van der Waals surface area contributed by atoms with E-state index in [9.17, 15) is 9.59 Å². The Bertz CT molecular complexity index is 825. The number of rotatable bonds is 10. The first-order valence-electron chi connectivity index (χ1n) is 9.04. The molecule has 0 aliphatic rings. The lowest BCUT2D eigenvalue weighted by Gasteiger charge is -2.19. The molecule has 0 atom stereocenters. The third kappa shape index (κ3) is 6.13. The Morgan fingerprint density at radius 2 is 1.89 bits per heavy atom. The Morgan fingerprint density at radius 1 is 1.14 bits per heavy atom. The highest BCUT2D eigenvalue weighted by Gasteiger charge is 2.13. The van der Waals surface area contributed by atoms with Gasteiger partial charge in [-0.05, 0) is 66.9 Å². The van der Waals surface area contributed by atoms with Gasteiger partial charge >= 0.3 is 5.97 Å². The van der Waals surface area contributed by atoms with E-state index in [4.69, 9.17) is 14.6 Å². The third-order valence-corrected chi connectivity index (χ3v) is 4.80. The maximum Gasteiger partial charge on any atom is 0.341 e. The fraction of sp³-hybridized carbons (Fsp3) is 0.333. The van der Waals surface area contributed by atoms with E-state index in [-0.39, 0.29) is 5.91 Å². The predicted octanol–water partition coefficient (Wildman–Crippen LogP) is 4.06. The molecule has 0 unspecified atom stereocenters. The number of ether oxygens (including phenoxy) is 2. The van der Waals surface area contributed by atoms with Gasteiger partial charge in [-0.1, -0.05) is 6.07 Å². The van der Waals surface area contributed by atoms with Gasteiger partial charge in [0.05, 0.1) is 0 Å². The molecule has 150 valence electrons. The number of carboxylic acid groups (broad SMARTS) is 1. The summed E-state index contributed by atoms with van der Waals surface area (Å²) in [7, 11) is 0. The van der Waals surface area contributed by atoms with E-state index in [2.05, 4.69) is 0 Å². The number of hydrogen-bond acceptors (Lipinski definition) is 5. The molecule has 0 aliphatic heterocycles. The predicted molar refractivity (Wildman–Crippen MR) is 110 cm³/mol. The molecule has 0 saturated carbocycles. The van der Waals surface area contributed by atoms with E-state index in [1.807, 2.05) is 36.7 Å². The summed E-state index contributed by atoms with van der Waals surface area (Å²) in [5.41, 5.74) is 2.36. The van der Waals surface area contributed by atoms with Gasteiger partial charge in [-0.3, -0.25) is 4.79 Å². The maximum atomic E-state index is 12.4. The highest BCUT2D eigenvalue weighted by molar-refractivity contribution is 7.07. The maximum absolute atomic E-state index is 12.4. The lowest BCUT2D eigenvalue weighted by molar-refractivity contribution is -0.139. The van der Waals surface area contributed by atoms with Crippen molar-refractivity contribution in [3.8, 4) is 11.5 Å². The zero-order chi connectivity index (χ0) is 20.5. The molecule has 6 nitrogen and oxygen atoms in total. The van der Waals surface area contributed by atoms with Crippen molar-refractivity contribution in [2.45, 2.75) is 27.4 Å². The molecule has 1 heterocycles. The average Bonchev–Trinajstić information content (AvgIpc) is 3.20. The lowest BCUT2D eigenvalue weighted by Crippen LogP contribution is -2.30. The van der Waals surface area contributed by atoms with Gasteiger partial charge in [0, 0.05) is 18.7 Å². The highest BCUT2D eigenvalue weighted by atomic mass is 32.1. The van der Waals surface area contributed by atoms with Crippen molar-refractivity contribution in [3.63, 3.8) is 0 Å². The first-order valence-corrected chi connectivity index (χ1v) is 9.99. The van der Waals surface area contributed by atoms with Crippen LogP contribution in [0, 0.1) is 0 Å². The van der Waals surface area contributed by atoms with Gasteiger partial charge in [0.25, 0.3) is 0 Å². The van der Waals surface area contributed by atoms with E-state index < -0.39 is 12.6 Å². The van der Waals surface area contributed by atoms with E-state index in [0.717, 1.165) is 11.1 Å². The molecule has 0 aliphatic carbocycles. The summed E-state index contributed by atoms with van der Waals surface area (Å²) in [5.74, 6) is -0.319. The molecule has 7 heteroatoms. The molecule has 0 saturated heterocycles. The van der Waals surface area contributed by atoms with Crippen molar-refractivity contribution in [2.24, 2.45) is 0 Å². The van der Waals surface area contributed by atoms with Crippen LogP contribution in [0.15, 0.2) is 40.6 Å². The molecule has 0 spiro atoms. The molecular formula is C21H25NO5S. The number of carboxylic acids is 1. The molecule has 2 rings (SSSR count). The molecule has 1 aromatic heterocycles. The van der Waals surface area contributed by atoms with Crippen LogP contribution >= 0.6 is 11.3 Å². The van der Waals surface area contributed by atoms with Crippen LogP contribution in [0.1, 0.15) is 31.9 Å². The molecular weight excluding hydrogens is 378 g/mol. The number of carbonyl (C=O) groups excluding carboxylic acids is 1. The number of benzene rings is 1. The Hall–Kier alpha value is -2.80. The zero-order valence-corrected chi connectivity index (χ0v) is 17.1. The average molecular weight is 404 g/mol. The van der Waals surface area contributed by atoms with Gasteiger partial charge < -0.3 is 19.5 Å². The van der Waals surface area contributed by atoms with Gasteiger partial charge in [0.2, 0.25) is 5.91 Å². The summed E-state index contributed by atoms with van der Waals surface area (Å²) in [6.07, 6.45) is 1.76. The Balaban J connectivity index is 2.23. The number of nitrogens with zero attached hydrogens (tertiary/aromatic N) is 1. The highest BCUT2D eigenvalue weighted by Crippen LogP contribution is 2.30. The van der Waals surface area contributed by atoms with E-state index in [0.29, 0.717) is 36.8 Å². The Labute approximate surface area is 169 Å². The summed E-state index contributed by atoms with van der Waals surface area (Å²) in [4.78, 5) is 25.1. The van der Waals surface area contributed by atoms with E-state index in [1.165, 1.54) is 0 Å². The van der Waals surface area contributed by atoms with Crippen molar-refractivity contribution in [1.29, 1.82) is 0 Å². The first kappa shape index (κ1) is 21.5. The molecule has 2 aromatic rings. The van der Waals surface area contributed by atoms with E-state index in [1.54, 1.807) is 41.4 Å². The van der Waals surface area contributed by atoms with Crippen LogP contribution in [0.25, 0.3) is 6.08 Å². The quantitative estimate of drug-likeness (QED) is 0.606. The normalized spacial score (nSPS) is 11.2. The third-order valence-electron chi connectivity index (χ3n) is 4.06. The summed E-state index contributed by atoms with van der Waals surface area (Å²) in [5, 5.41) is 12.9. The fourth-order valence-corrected chi connectivity index (χ4v) is 3.25. The molecule has 1 N–H and O–H groups in total. The minimum absolute atomic E-state index is 0.0317. The van der Waals surface area contributed by atoms with Gasteiger partial charge in [-0.15, -0.1) is 0 Å². The second-order valence-corrected chi connectivity index (χ2v) is 6.89. The second kappa shape index (κ2) is 10.5. The number of likely N-dealkylation sites (N-methyl/N-ethyl adjacent to an activating group) is 1. The SMILES string of the molecule is CCN(CC)C(=O)/C(C)=C\c1ccc(OCc2ccsc2)c(OCC(=O)O)c1. The van der Waals surface area contributed by atoms with Crippen molar-refractivity contribution in [3.05, 3.63) is 51.7 Å². The van der Waals surface area contributed by atoms with Crippen molar-refractivity contribution < 1.29 is 24.2 Å². The summed E-state index contributed by atoms with van der Waals surface area (Å²) in [6.45, 7) is 6.81. The van der Waals surface area contributed by atoms with Gasteiger partial charge in [-0.2, -0.15) is 11.3 Å². The molecule has 1 amide bonds. The second-order valence-electron chi connectivity index (χ2n) is 6.11. The van der Waals surface area contributed by atoms with Crippen molar-refractivity contribution in [2.75, 3.05) is 19.7 Å². The molecule has 1 aromatic carbocycles. The van der Waals surface area contributed by atoms with Crippen LogP contribution in [0.4, 0.5) is 0 Å². The minimum Gasteiger partial charge on any atom is -0.485 e. The van der Waals surface area contributed by atoms with Crippen LogP contribution < -0.4 is 9.47 Å². The summed E-state index contributed by atoms with van der Waals surface area (Å²) < 4.78 is 11.2. The monoisotopic (exact) mass is 403 g/mol. The molecule has 0 radical (unpaired) electrons.